The van der Waals surface area contributed by atoms with E-state index in [2.05, 4.69) is 26.8 Å². The van der Waals surface area contributed by atoms with Crippen LogP contribution in [-0.4, -0.2) is 12.5 Å². The number of hydrogen-bond donors (Lipinski definition) is 1. The number of nitrogens with two attached hydrogens (primary N) is 1. The number of primary amides is 1. The molecule has 0 aliphatic carbocycles. The molecular weight excluding hydrogens is 202 g/mol. The van der Waals surface area contributed by atoms with Crippen LogP contribution in [-0.2, 0) is 10.2 Å². The Hall–Kier alpha value is -1.51. The van der Waals surface area contributed by atoms with E-state index < -0.39 is 5.91 Å². The van der Waals surface area contributed by atoms with Crippen LogP contribution in [0.25, 0.3) is 0 Å². The van der Waals surface area contributed by atoms with Crippen molar-refractivity contribution in [2.75, 3.05) is 6.61 Å². The molecular formula is C13H19NO2. The summed E-state index contributed by atoms with van der Waals surface area (Å²) >= 11 is 0. The van der Waals surface area contributed by atoms with Gasteiger partial charge in [-0.3, -0.25) is 4.79 Å². The first-order valence-corrected chi connectivity index (χ1v) is 5.33. The Bertz CT molecular complexity index is 391. The lowest BCUT2D eigenvalue weighted by Gasteiger charge is -2.20. The van der Waals surface area contributed by atoms with Crippen LogP contribution in [0, 0.1) is 6.92 Å². The molecule has 3 nitrogen and oxygen atoms in total. The highest BCUT2D eigenvalue weighted by Gasteiger charge is 2.14. The van der Waals surface area contributed by atoms with Crippen LogP contribution in [0.5, 0.6) is 5.75 Å². The van der Waals surface area contributed by atoms with Crippen LogP contribution in [0.4, 0.5) is 0 Å². The van der Waals surface area contributed by atoms with Crippen molar-refractivity contribution >= 4 is 5.91 Å². The average Bonchev–Trinajstić information content (AvgIpc) is 2.14. The summed E-state index contributed by atoms with van der Waals surface area (Å²) in [6, 6.07) is 5.98. The number of aryl methyl sites for hydroxylation is 1. The van der Waals surface area contributed by atoms with E-state index in [-0.39, 0.29) is 12.0 Å². The van der Waals surface area contributed by atoms with Crippen molar-refractivity contribution in [1.29, 1.82) is 0 Å². The molecule has 0 heterocycles. The second-order valence-corrected chi connectivity index (χ2v) is 4.99. The Kier molecular flexibility index (Phi) is 3.58. The normalized spacial score (nSPS) is 11.2. The molecule has 0 aromatic heterocycles. The van der Waals surface area contributed by atoms with E-state index in [4.69, 9.17) is 10.5 Å². The molecule has 1 aromatic rings. The van der Waals surface area contributed by atoms with Crippen molar-refractivity contribution in [3.8, 4) is 5.75 Å². The Labute approximate surface area is 96.6 Å². The number of rotatable bonds is 3. The fraction of sp³-hybridized carbons (Fsp3) is 0.462. The van der Waals surface area contributed by atoms with Crippen molar-refractivity contribution in [3.63, 3.8) is 0 Å². The van der Waals surface area contributed by atoms with E-state index in [1.165, 1.54) is 5.56 Å². The molecule has 3 heteroatoms. The lowest BCUT2D eigenvalue weighted by Crippen LogP contribution is -2.20. The number of ether oxygens (including phenoxy) is 1. The Morgan fingerprint density at radius 2 is 2.00 bits per heavy atom. The maximum atomic E-state index is 10.6. The molecule has 1 aromatic carbocycles. The fourth-order valence-corrected chi connectivity index (χ4v) is 1.43. The molecule has 0 radical (unpaired) electrons. The van der Waals surface area contributed by atoms with Gasteiger partial charge in [-0.1, -0.05) is 32.9 Å². The summed E-state index contributed by atoms with van der Waals surface area (Å²) in [5.74, 6) is 0.256. The van der Waals surface area contributed by atoms with Crippen LogP contribution >= 0.6 is 0 Å². The minimum absolute atomic E-state index is 0.0737. The highest BCUT2D eigenvalue weighted by molar-refractivity contribution is 5.75. The molecule has 0 bridgehead atoms. The molecule has 0 aliphatic heterocycles. The lowest BCUT2D eigenvalue weighted by atomic mass is 9.86. The molecule has 16 heavy (non-hydrogen) atoms. The molecule has 2 N–H and O–H groups in total. The molecule has 88 valence electrons. The number of benzene rings is 1. The molecule has 0 fully saturated rings. The van der Waals surface area contributed by atoms with Crippen LogP contribution < -0.4 is 10.5 Å². The van der Waals surface area contributed by atoms with Gasteiger partial charge in [0, 0.05) is 0 Å². The van der Waals surface area contributed by atoms with Gasteiger partial charge in [-0.05, 0) is 29.5 Å². The molecule has 0 atom stereocenters. The number of amides is 1. The summed E-state index contributed by atoms with van der Waals surface area (Å²) in [5, 5.41) is 0. The highest BCUT2D eigenvalue weighted by atomic mass is 16.5. The molecule has 0 unspecified atom stereocenters. The second kappa shape index (κ2) is 4.56. The number of carbonyl (C=O) groups is 1. The highest BCUT2D eigenvalue weighted by Crippen LogP contribution is 2.27. The average molecular weight is 221 g/mol. The van der Waals surface area contributed by atoms with E-state index in [0.717, 1.165) is 5.56 Å². The van der Waals surface area contributed by atoms with Crippen LogP contribution in [0.15, 0.2) is 18.2 Å². The molecule has 1 rings (SSSR count). The largest absolute Gasteiger partial charge is 0.484 e. The number of hydrogen-bond acceptors (Lipinski definition) is 2. The lowest BCUT2D eigenvalue weighted by molar-refractivity contribution is -0.119. The monoisotopic (exact) mass is 221 g/mol. The third kappa shape index (κ3) is 3.26. The predicted octanol–water partition coefficient (Wildman–Crippen LogP) is 2.16. The van der Waals surface area contributed by atoms with Gasteiger partial charge in [-0.15, -0.1) is 0 Å². The maximum Gasteiger partial charge on any atom is 0.255 e. The molecule has 0 aliphatic rings. The van der Waals surface area contributed by atoms with Gasteiger partial charge in [0.05, 0.1) is 0 Å². The Balaban J connectivity index is 2.88. The second-order valence-electron chi connectivity index (χ2n) is 4.99. The topological polar surface area (TPSA) is 52.3 Å². The molecule has 0 spiro atoms. The first-order valence-electron chi connectivity index (χ1n) is 5.33. The van der Waals surface area contributed by atoms with Gasteiger partial charge in [-0.25, -0.2) is 0 Å². The summed E-state index contributed by atoms with van der Waals surface area (Å²) in [7, 11) is 0. The first kappa shape index (κ1) is 12.6. The molecule has 0 saturated carbocycles. The molecule has 1 amide bonds. The van der Waals surface area contributed by atoms with Crippen LogP contribution in [0.2, 0.25) is 0 Å². The smallest absolute Gasteiger partial charge is 0.255 e. The van der Waals surface area contributed by atoms with Gasteiger partial charge in [0.15, 0.2) is 6.61 Å². The first-order chi connectivity index (χ1) is 7.30. The van der Waals surface area contributed by atoms with E-state index in [1.54, 1.807) is 0 Å². The quantitative estimate of drug-likeness (QED) is 0.850. The van der Waals surface area contributed by atoms with Crippen LogP contribution in [0.3, 0.4) is 0 Å². The van der Waals surface area contributed by atoms with Crippen molar-refractivity contribution in [3.05, 3.63) is 29.3 Å². The van der Waals surface area contributed by atoms with Crippen LogP contribution in [0.1, 0.15) is 31.9 Å². The van der Waals surface area contributed by atoms with E-state index in [1.807, 2.05) is 19.1 Å². The van der Waals surface area contributed by atoms with E-state index in [9.17, 15) is 4.79 Å². The number of carbonyl (C=O) groups excluding carboxylic acids is 1. The van der Waals surface area contributed by atoms with Gasteiger partial charge < -0.3 is 10.5 Å². The van der Waals surface area contributed by atoms with Gasteiger partial charge in [0.1, 0.15) is 5.75 Å². The third-order valence-corrected chi connectivity index (χ3v) is 2.41. The standard InChI is InChI=1S/C13H19NO2/c1-9-7-10(13(2,3)4)5-6-11(9)16-8-12(14)15/h5-7H,8H2,1-4H3,(H2,14,15). The summed E-state index contributed by atoms with van der Waals surface area (Å²) in [6.07, 6.45) is 0. The zero-order valence-corrected chi connectivity index (χ0v) is 10.3. The van der Waals surface area contributed by atoms with Gasteiger partial charge in [0.25, 0.3) is 5.91 Å². The van der Waals surface area contributed by atoms with E-state index in [0.29, 0.717) is 5.75 Å². The van der Waals surface area contributed by atoms with Crippen molar-refractivity contribution in [2.24, 2.45) is 5.73 Å². The summed E-state index contributed by atoms with van der Waals surface area (Å²) in [6.45, 7) is 8.37. The maximum absolute atomic E-state index is 10.6. The van der Waals surface area contributed by atoms with Gasteiger partial charge >= 0.3 is 0 Å². The predicted molar refractivity (Wildman–Crippen MR) is 64.6 cm³/mol. The summed E-state index contributed by atoms with van der Waals surface area (Å²) in [5.41, 5.74) is 7.41. The van der Waals surface area contributed by atoms with Crippen molar-refractivity contribution < 1.29 is 9.53 Å². The van der Waals surface area contributed by atoms with Gasteiger partial charge in [-0.2, -0.15) is 0 Å². The zero-order valence-electron chi connectivity index (χ0n) is 10.3. The van der Waals surface area contributed by atoms with Gasteiger partial charge in [0.2, 0.25) is 0 Å². The minimum atomic E-state index is -0.459. The molecule has 0 saturated heterocycles. The minimum Gasteiger partial charge on any atom is -0.484 e. The third-order valence-electron chi connectivity index (χ3n) is 2.41. The van der Waals surface area contributed by atoms with E-state index >= 15 is 0 Å². The van der Waals surface area contributed by atoms with Crippen molar-refractivity contribution in [1.82, 2.24) is 0 Å². The zero-order chi connectivity index (χ0) is 12.3. The fourth-order valence-electron chi connectivity index (χ4n) is 1.43. The SMILES string of the molecule is Cc1cc(C(C)(C)C)ccc1OCC(N)=O. The Morgan fingerprint density at radius 1 is 1.38 bits per heavy atom. The Morgan fingerprint density at radius 3 is 2.44 bits per heavy atom. The van der Waals surface area contributed by atoms with Crippen molar-refractivity contribution in [2.45, 2.75) is 33.1 Å². The summed E-state index contributed by atoms with van der Waals surface area (Å²) < 4.78 is 5.29. The summed E-state index contributed by atoms with van der Waals surface area (Å²) in [4.78, 5) is 10.6.